The smallest absolute Gasteiger partial charge is 0.162 e. The average Bonchev–Trinajstić information content (AvgIpc) is 2.67. The molecule has 0 fully saturated rings. The van der Waals surface area contributed by atoms with E-state index >= 15 is 0 Å². The number of nitrogens with zero attached hydrogens (tertiary/aromatic N) is 1. The van der Waals surface area contributed by atoms with Crippen molar-refractivity contribution in [3.05, 3.63) is 52.6 Å². The van der Waals surface area contributed by atoms with E-state index in [1.54, 1.807) is 12.4 Å². The number of carbonyl (C=O) groups is 2. The number of nitrogens with two attached hydrogens (primary N) is 1. The average molecular weight is 398 g/mol. The molecule has 2 aliphatic rings. The lowest BCUT2D eigenvalue weighted by Gasteiger charge is -2.40. The number of Topliss-reactive ketones (excluding diaryl/α,β-unsaturated/α-hetero) is 2. The first-order valence-corrected chi connectivity index (χ1v) is 10.3. The van der Waals surface area contributed by atoms with Gasteiger partial charge in [-0.2, -0.15) is 0 Å². The zero-order chi connectivity index (χ0) is 21.0. The predicted octanol–water partition coefficient (Wildman–Crippen LogP) is 3.01. The molecule has 0 bridgehead atoms. The van der Waals surface area contributed by atoms with Crippen molar-refractivity contribution in [2.24, 2.45) is 11.1 Å². The Balaban J connectivity index is 2.14. The molecule has 1 aromatic rings. The van der Waals surface area contributed by atoms with E-state index in [0.717, 1.165) is 29.8 Å². The van der Waals surface area contributed by atoms with E-state index in [2.05, 4.69) is 24.1 Å². The van der Waals surface area contributed by atoms with Crippen LogP contribution < -0.4 is 11.1 Å². The van der Waals surface area contributed by atoms with Gasteiger partial charge in [0.05, 0.1) is 13.2 Å². The van der Waals surface area contributed by atoms with Crippen LogP contribution in [0.15, 0.2) is 47.1 Å². The Labute approximate surface area is 172 Å². The summed E-state index contributed by atoms with van der Waals surface area (Å²) in [7, 11) is 0. The first-order valence-electron chi connectivity index (χ1n) is 10.3. The van der Waals surface area contributed by atoms with Crippen LogP contribution in [0.4, 0.5) is 0 Å². The van der Waals surface area contributed by atoms with E-state index in [0.29, 0.717) is 37.1 Å². The van der Waals surface area contributed by atoms with Crippen molar-refractivity contribution in [2.45, 2.75) is 52.4 Å². The summed E-state index contributed by atoms with van der Waals surface area (Å²) in [5.41, 5.74) is 9.30. The topological polar surface area (TPSA) is 94.3 Å². The molecule has 1 aliphatic heterocycles. The number of hydrogen-bond acceptors (Lipinski definition) is 6. The number of allylic oxidation sites excluding steroid dienone is 3. The minimum absolute atomic E-state index is 0.0457. The Kier molecular flexibility index (Phi) is 6.65. The minimum atomic E-state index is -0.404. The molecule has 0 aromatic carbocycles. The van der Waals surface area contributed by atoms with Gasteiger partial charge < -0.3 is 15.8 Å². The number of pyridine rings is 1. The highest BCUT2D eigenvalue weighted by Crippen LogP contribution is 2.46. The minimum Gasteiger partial charge on any atom is -0.374 e. The van der Waals surface area contributed by atoms with E-state index < -0.39 is 5.92 Å². The number of carbonyl (C=O) groups excluding carboxylic acids is 2. The number of rotatable bonds is 8. The van der Waals surface area contributed by atoms with Gasteiger partial charge >= 0.3 is 0 Å². The summed E-state index contributed by atoms with van der Waals surface area (Å²) in [6, 6.07) is 3.79. The fourth-order valence-electron chi connectivity index (χ4n) is 4.29. The summed E-state index contributed by atoms with van der Waals surface area (Å²) >= 11 is 0. The number of aromatic nitrogens is 1. The Morgan fingerprint density at radius 3 is 2.83 bits per heavy atom. The van der Waals surface area contributed by atoms with E-state index in [1.165, 1.54) is 0 Å². The molecule has 0 saturated carbocycles. The van der Waals surface area contributed by atoms with Gasteiger partial charge in [0, 0.05) is 60.2 Å². The van der Waals surface area contributed by atoms with Crippen molar-refractivity contribution in [2.75, 3.05) is 19.8 Å². The van der Waals surface area contributed by atoms with Crippen LogP contribution in [-0.2, 0) is 14.3 Å². The highest BCUT2D eigenvalue weighted by atomic mass is 16.5. The number of dihydropyridines is 1. The van der Waals surface area contributed by atoms with Crippen LogP contribution in [0.5, 0.6) is 0 Å². The standard InChI is InChI=1S/C23H31N3O3/c1-4-6-18(27)22-17(14-29-10-8-24)26-16-11-23(2,3)12-19(28)21(16)20(22)15-7-5-9-25-13-15/h5,7,9,13,20,26H,4,6,8,10-12,14,24H2,1-3H3. The number of ketones is 2. The maximum atomic E-state index is 13.2. The van der Waals surface area contributed by atoms with Crippen LogP contribution >= 0.6 is 0 Å². The third-order valence-corrected chi connectivity index (χ3v) is 5.43. The van der Waals surface area contributed by atoms with Gasteiger partial charge in [-0.05, 0) is 29.9 Å². The van der Waals surface area contributed by atoms with Gasteiger partial charge in [0.2, 0.25) is 0 Å². The third-order valence-electron chi connectivity index (χ3n) is 5.43. The zero-order valence-corrected chi connectivity index (χ0v) is 17.6. The van der Waals surface area contributed by atoms with Gasteiger partial charge in [0.1, 0.15) is 0 Å². The first-order chi connectivity index (χ1) is 13.9. The Morgan fingerprint density at radius 2 is 2.17 bits per heavy atom. The highest BCUT2D eigenvalue weighted by Gasteiger charge is 2.43. The fraction of sp³-hybridized carbons (Fsp3) is 0.522. The molecule has 0 saturated heterocycles. The van der Waals surface area contributed by atoms with Crippen molar-refractivity contribution >= 4 is 11.6 Å². The Bertz CT molecular complexity index is 840. The molecule has 6 nitrogen and oxygen atoms in total. The summed E-state index contributed by atoms with van der Waals surface area (Å²) in [4.78, 5) is 30.7. The molecule has 1 unspecified atom stereocenters. The molecule has 1 atom stereocenters. The van der Waals surface area contributed by atoms with Crippen LogP contribution in [0.2, 0.25) is 0 Å². The van der Waals surface area contributed by atoms with Gasteiger partial charge in [0.15, 0.2) is 11.6 Å². The Morgan fingerprint density at radius 1 is 1.38 bits per heavy atom. The molecular weight excluding hydrogens is 366 g/mol. The van der Waals surface area contributed by atoms with Gasteiger partial charge in [-0.3, -0.25) is 14.6 Å². The molecule has 156 valence electrons. The van der Waals surface area contributed by atoms with Crippen molar-refractivity contribution in [1.82, 2.24) is 10.3 Å². The van der Waals surface area contributed by atoms with Crippen molar-refractivity contribution < 1.29 is 14.3 Å². The lowest BCUT2D eigenvalue weighted by Crippen LogP contribution is -2.40. The number of ether oxygens (including phenoxy) is 1. The quantitative estimate of drug-likeness (QED) is 0.655. The SMILES string of the molecule is CCCC(=O)C1=C(COCCN)NC2=C(C(=O)CC(C)(C)C2)C1c1cccnc1. The monoisotopic (exact) mass is 397 g/mol. The maximum Gasteiger partial charge on any atom is 0.162 e. The van der Waals surface area contributed by atoms with Gasteiger partial charge in [-0.15, -0.1) is 0 Å². The molecule has 1 aromatic heterocycles. The summed E-state index contributed by atoms with van der Waals surface area (Å²) in [6.07, 6.45) is 5.85. The predicted molar refractivity (Wildman–Crippen MR) is 112 cm³/mol. The van der Waals surface area contributed by atoms with Crippen LogP contribution in [0, 0.1) is 5.41 Å². The van der Waals surface area contributed by atoms with Crippen molar-refractivity contribution in [1.29, 1.82) is 0 Å². The van der Waals surface area contributed by atoms with E-state index in [4.69, 9.17) is 10.5 Å². The van der Waals surface area contributed by atoms with E-state index in [9.17, 15) is 9.59 Å². The van der Waals surface area contributed by atoms with E-state index in [1.807, 2.05) is 19.1 Å². The summed E-state index contributed by atoms with van der Waals surface area (Å²) < 4.78 is 5.70. The second-order valence-electron chi connectivity index (χ2n) is 8.58. The molecule has 1 aliphatic carbocycles. The molecule has 0 amide bonds. The molecule has 0 spiro atoms. The number of hydrogen-bond donors (Lipinski definition) is 2. The molecule has 6 heteroatoms. The van der Waals surface area contributed by atoms with E-state index in [-0.39, 0.29) is 23.6 Å². The second kappa shape index (κ2) is 9.01. The first kappa shape index (κ1) is 21.4. The summed E-state index contributed by atoms with van der Waals surface area (Å²) in [5.74, 6) is -0.259. The van der Waals surface area contributed by atoms with Gasteiger partial charge in [-0.1, -0.05) is 26.8 Å². The van der Waals surface area contributed by atoms with Crippen LogP contribution in [0.3, 0.4) is 0 Å². The molecular formula is C23H31N3O3. The Hall–Kier alpha value is -2.31. The van der Waals surface area contributed by atoms with Crippen molar-refractivity contribution in [3.8, 4) is 0 Å². The largest absolute Gasteiger partial charge is 0.374 e. The van der Waals surface area contributed by atoms with Crippen LogP contribution in [0.1, 0.15) is 57.9 Å². The molecule has 29 heavy (non-hydrogen) atoms. The lowest BCUT2D eigenvalue weighted by molar-refractivity contribution is -0.118. The summed E-state index contributed by atoms with van der Waals surface area (Å²) in [6.45, 7) is 7.27. The molecule has 3 N–H and O–H groups in total. The molecule has 3 rings (SSSR count). The van der Waals surface area contributed by atoms with Crippen LogP contribution in [-0.4, -0.2) is 36.3 Å². The second-order valence-corrected chi connectivity index (χ2v) is 8.58. The fourth-order valence-corrected chi connectivity index (χ4v) is 4.29. The van der Waals surface area contributed by atoms with Gasteiger partial charge in [-0.25, -0.2) is 0 Å². The van der Waals surface area contributed by atoms with Gasteiger partial charge in [0.25, 0.3) is 0 Å². The third kappa shape index (κ3) is 4.65. The molecule has 2 heterocycles. The lowest BCUT2D eigenvalue weighted by atomic mass is 9.68. The molecule has 0 radical (unpaired) electrons. The van der Waals surface area contributed by atoms with Crippen molar-refractivity contribution in [3.63, 3.8) is 0 Å². The zero-order valence-electron chi connectivity index (χ0n) is 17.6. The normalized spacial score (nSPS) is 21.1. The van der Waals surface area contributed by atoms with Crippen LogP contribution in [0.25, 0.3) is 0 Å². The number of nitrogens with one attached hydrogen (secondary N) is 1. The maximum absolute atomic E-state index is 13.2. The summed E-state index contributed by atoms with van der Waals surface area (Å²) in [5, 5.41) is 3.42. The highest BCUT2D eigenvalue weighted by molar-refractivity contribution is 6.06.